The van der Waals surface area contributed by atoms with E-state index in [1.54, 1.807) is 0 Å². The Morgan fingerprint density at radius 3 is 1.14 bits per heavy atom. The molecule has 36 heavy (non-hydrogen) atoms. The Morgan fingerprint density at radius 1 is 0.556 bits per heavy atom. The summed E-state index contributed by atoms with van der Waals surface area (Å²) in [5, 5.41) is 43.9. The van der Waals surface area contributed by atoms with E-state index in [1.165, 1.54) is 0 Å². The van der Waals surface area contributed by atoms with Gasteiger partial charge in [-0.1, -0.05) is 6.92 Å². The fourth-order valence-corrected chi connectivity index (χ4v) is 1.93. The third-order valence-electron chi connectivity index (χ3n) is 3.94. The van der Waals surface area contributed by atoms with Crippen molar-refractivity contribution < 1.29 is 54.0 Å². The molecule has 0 aliphatic carbocycles. The molecule has 0 rings (SSSR count). The van der Waals surface area contributed by atoms with E-state index in [-0.39, 0.29) is 32.5 Å². The fourth-order valence-electron chi connectivity index (χ4n) is 1.93. The van der Waals surface area contributed by atoms with Crippen molar-refractivity contribution in [3.63, 3.8) is 0 Å². The van der Waals surface area contributed by atoms with Crippen molar-refractivity contribution in [3.8, 4) is 0 Å². The van der Waals surface area contributed by atoms with Crippen LogP contribution in [0.25, 0.3) is 0 Å². The van der Waals surface area contributed by atoms with Crippen molar-refractivity contribution >= 4 is 0 Å². The van der Waals surface area contributed by atoms with Gasteiger partial charge in [0.1, 0.15) is 0 Å². The fraction of sp³-hybridized carbons (Fsp3) is 0.826. The Balaban J connectivity index is -0.000000165. The number of hydrogen-bond donors (Lipinski definition) is 5. The van der Waals surface area contributed by atoms with Crippen molar-refractivity contribution in [2.24, 2.45) is 0 Å². The van der Waals surface area contributed by atoms with Crippen LogP contribution in [-0.2, 0) is 28.4 Å². The first kappa shape index (κ1) is 43.6. The molecule has 214 valence electrons. The largest absolute Gasteiger partial charge is 0.553 e. The topological polar surface area (TPSA) is 157 Å². The van der Waals surface area contributed by atoms with Crippen LogP contribution in [0.4, 0.5) is 0 Å². The maximum Gasteiger partial charge on any atom is 0.0973 e. The molecule has 5 N–H and O–H groups in total. The summed E-state index contributed by atoms with van der Waals surface area (Å²) in [7, 11) is 12.5. The molecule has 0 aliphatic heterocycles. The Bertz CT molecular complexity index is 330. The third-order valence-corrected chi connectivity index (χ3v) is 3.94. The summed E-state index contributed by atoms with van der Waals surface area (Å²) >= 11 is 0. The number of unbranched alkanes of at least 4 members (excludes halogenated alkanes) is 1. The monoisotopic (exact) mass is 1030 g/mol. The maximum absolute atomic E-state index is 9.33. The van der Waals surface area contributed by atoms with Crippen LogP contribution in [0.2, 0.25) is 0 Å². The van der Waals surface area contributed by atoms with E-state index < -0.39 is 18.3 Å². The number of aliphatic hydroxyl groups is 5. The van der Waals surface area contributed by atoms with Crippen molar-refractivity contribution in [2.45, 2.75) is 63.4 Å². The molecule has 0 aromatic rings. The summed E-state index contributed by atoms with van der Waals surface area (Å²) < 4.78 is 28.5. The molecule has 0 bridgehead atoms. The minimum atomic E-state index is -0.780. The quantitative estimate of drug-likeness (QED) is 0.0813. The van der Waals surface area contributed by atoms with Crippen LogP contribution in [0.15, 0.2) is 0 Å². The van der Waals surface area contributed by atoms with Crippen LogP contribution in [0.5, 0.6) is 0 Å². The Morgan fingerprint density at radius 2 is 0.889 bits per heavy atom. The minimum Gasteiger partial charge on any atom is -0.553 e. The van der Waals surface area contributed by atoms with Crippen LogP contribution >= 0.6 is 0 Å². The van der Waals surface area contributed by atoms with Gasteiger partial charge in [-0.05, 0) is 32.1 Å². The van der Waals surface area contributed by atoms with Gasteiger partial charge in [0.25, 0.3) is 0 Å². The molecule has 0 saturated carbocycles. The van der Waals surface area contributed by atoms with E-state index in [2.05, 4.69) is 47.4 Å². The van der Waals surface area contributed by atoms with Crippen LogP contribution in [0, 0.1) is 28.4 Å². The molecule has 0 saturated heterocycles. The van der Waals surface area contributed by atoms with E-state index in [4.69, 9.17) is 24.8 Å². The first-order valence-corrected chi connectivity index (χ1v) is 11.3. The van der Waals surface area contributed by atoms with Gasteiger partial charge in [0.05, 0.1) is 31.0 Å². The summed E-state index contributed by atoms with van der Waals surface area (Å²) in [6.45, 7) is 4.88. The predicted molar refractivity (Wildman–Crippen MR) is 127 cm³/mol. The second-order valence-corrected chi connectivity index (χ2v) is 7.20. The smallest absolute Gasteiger partial charge is 0.0973 e. The number of rotatable bonds is 21. The van der Waals surface area contributed by atoms with Crippen LogP contribution in [-0.4, -0.2) is 109 Å². The van der Waals surface area contributed by atoms with Crippen molar-refractivity contribution in [2.75, 3.05) is 59.5 Å². The predicted octanol–water partition coefficient (Wildman–Crippen LogP) is 0.631. The molecule has 4 unspecified atom stereocenters. The molecule has 0 spiro atoms. The first-order chi connectivity index (χ1) is 16.3. The van der Waals surface area contributed by atoms with E-state index in [0.29, 0.717) is 45.9 Å². The van der Waals surface area contributed by atoms with Crippen LogP contribution < -0.4 is 0 Å². The van der Waals surface area contributed by atoms with Gasteiger partial charge in [0, 0.05) is 52.9 Å². The Kier molecular flexibility index (Phi) is 45.0. The second kappa shape index (κ2) is 37.1. The second-order valence-electron chi connectivity index (χ2n) is 7.20. The normalized spacial score (nSPS) is 13.5. The molecule has 0 radical (unpaired) electrons. The van der Waals surface area contributed by atoms with Gasteiger partial charge in [0.15, 0.2) is 0 Å². The SMILES string of the molecule is [CH2-]OCC(O)CC.[CH2-]OCC(O)CCOCCCCOCCC(O)CO[CH2-].[CH2-]OCC(O)CO.[Rf].[Rf]. The summed E-state index contributed by atoms with van der Waals surface area (Å²) in [6.07, 6.45) is 1.52. The summed E-state index contributed by atoms with van der Waals surface area (Å²) in [4.78, 5) is 0. The molecule has 4 atom stereocenters. The zero-order chi connectivity index (χ0) is 26.5. The van der Waals surface area contributed by atoms with Gasteiger partial charge < -0.3 is 54.0 Å². The van der Waals surface area contributed by atoms with Gasteiger partial charge >= 0.3 is 0 Å². The first-order valence-electron chi connectivity index (χ1n) is 11.3. The van der Waals surface area contributed by atoms with E-state index in [9.17, 15) is 10.2 Å². The molecular weight excluding hydrogens is 986 g/mol. The molecule has 13 heteroatoms. The van der Waals surface area contributed by atoms with E-state index in [0.717, 1.165) is 19.3 Å². The average Bonchev–Trinajstić information content (AvgIpc) is 2.81. The molecule has 0 heterocycles. The summed E-state index contributed by atoms with van der Waals surface area (Å²) in [6, 6.07) is 0. The van der Waals surface area contributed by atoms with E-state index >= 15 is 0 Å². The third kappa shape index (κ3) is 41.8. The molecule has 0 amide bonds. The molecule has 0 aromatic heterocycles. The average molecular weight is 1030 g/mol. The molecular formula is C23H48O11Rf2-4. The van der Waals surface area contributed by atoms with Gasteiger partial charge in [-0.3, -0.25) is 0 Å². The van der Waals surface area contributed by atoms with Gasteiger partial charge in [-0.2, -0.15) is 0 Å². The van der Waals surface area contributed by atoms with Crippen molar-refractivity contribution in [3.05, 3.63) is 28.4 Å². The maximum atomic E-state index is 9.33. The molecule has 0 aromatic carbocycles. The van der Waals surface area contributed by atoms with Gasteiger partial charge in [-0.15, -0.1) is 0 Å². The number of ether oxygens (including phenoxy) is 6. The minimum absolute atomic E-state index is 0. The van der Waals surface area contributed by atoms with Crippen molar-refractivity contribution in [1.82, 2.24) is 0 Å². The molecule has 0 fully saturated rings. The number of aliphatic hydroxyl groups excluding tert-OH is 5. The Labute approximate surface area is 205 Å². The molecule has 0 aliphatic rings. The van der Waals surface area contributed by atoms with Gasteiger partial charge in [-0.25, -0.2) is 28.4 Å². The van der Waals surface area contributed by atoms with Crippen LogP contribution in [0.1, 0.15) is 39.0 Å². The molecule has 11 nitrogen and oxygen atoms in total. The Hall–Kier alpha value is -2.44. The summed E-state index contributed by atoms with van der Waals surface area (Å²) in [5.74, 6) is 0. The standard InChI is InChI=1S/C14H28O6.C5H11O2.C4H9O3.2Rf/c1-17-11-13(15)5-9-19-7-3-4-8-20-10-6-14(16)12-18-2;1-3-5(6)4-7-2;1-7-3-4(6)2-5;;/h13-16H,1-12H2;5-6H,2-4H2,1H3;4-6H,1-3H2;;/q-2;2*-1;;. The van der Waals surface area contributed by atoms with Crippen LogP contribution in [0.3, 0.4) is 0 Å². The van der Waals surface area contributed by atoms with Crippen molar-refractivity contribution in [1.29, 1.82) is 0 Å². The summed E-state index contributed by atoms with van der Waals surface area (Å²) in [5.41, 5.74) is 0. The van der Waals surface area contributed by atoms with E-state index in [1.807, 2.05) is 6.92 Å². The zero-order valence-corrected chi connectivity index (χ0v) is 34.9. The number of hydrogen-bond acceptors (Lipinski definition) is 11. The van der Waals surface area contributed by atoms with Gasteiger partial charge in [0.2, 0.25) is 0 Å². The zero-order valence-electron chi connectivity index (χ0n) is 22.1.